The summed E-state index contributed by atoms with van der Waals surface area (Å²) >= 11 is 1.78. The van der Waals surface area contributed by atoms with E-state index in [1.54, 1.807) is 11.3 Å². The van der Waals surface area contributed by atoms with Crippen LogP contribution in [0.1, 0.15) is 22.6 Å². The highest BCUT2D eigenvalue weighted by Gasteiger charge is 2.38. The SMILES string of the molecule is Cl.N#Cc1ccc2c(c1)[C@@H]1CN(CCc3ccc(-c4cccs4)cc3)C[C@H]1CO2. The van der Waals surface area contributed by atoms with Gasteiger partial charge >= 0.3 is 0 Å². The van der Waals surface area contributed by atoms with E-state index in [0.717, 1.165) is 44.0 Å². The predicted octanol–water partition coefficient (Wildman–Crippen LogP) is 5.36. The Morgan fingerprint density at radius 1 is 1.10 bits per heavy atom. The summed E-state index contributed by atoms with van der Waals surface area (Å²) in [5, 5.41) is 11.3. The van der Waals surface area contributed by atoms with Gasteiger partial charge in [-0.15, -0.1) is 23.7 Å². The van der Waals surface area contributed by atoms with Crippen molar-refractivity contribution >= 4 is 23.7 Å². The molecule has 1 aromatic heterocycles. The molecule has 3 aromatic rings. The Bertz CT molecular complexity index is 1010. The van der Waals surface area contributed by atoms with Crippen LogP contribution in [0.25, 0.3) is 10.4 Å². The van der Waals surface area contributed by atoms with E-state index in [-0.39, 0.29) is 12.4 Å². The molecule has 1 saturated heterocycles. The summed E-state index contributed by atoms with van der Waals surface area (Å²) < 4.78 is 5.96. The molecule has 5 rings (SSSR count). The van der Waals surface area contributed by atoms with Crippen LogP contribution < -0.4 is 4.74 Å². The fourth-order valence-electron chi connectivity index (χ4n) is 4.47. The second-order valence-corrected chi connectivity index (χ2v) is 8.67. The first-order chi connectivity index (χ1) is 13.8. The normalized spacial score (nSPS) is 20.1. The Morgan fingerprint density at radius 2 is 1.97 bits per heavy atom. The topological polar surface area (TPSA) is 36.3 Å². The van der Waals surface area contributed by atoms with Crippen LogP contribution in [-0.2, 0) is 6.42 Å². The third kappa shape index (κ3) is 4.04. The zero-order chi connectivity index (χ0) is 18.9. The molecule has 0 aliphatic carbocycles. The molecule has 3 heterocycles. The first-order valence-electron chi connectivity index (χ1n) is 9.82. The number of ether oxygens (including phenoxy) is 1. The van der Waals surface area contributed by atoms with E-state index in [1.807, 2.05) is 18.2 Å². The minimum Gasteiger partial charge on any atom is -0.493 e. The van der Waals surface area contributed by atoms with E-state index in [0.29, 0.717) is 11.8 Å². The lowest BCUT2D eigenvalue weighted by Crippen LogP contribution is -2.25. The van der Waals surface area contributed by atoms with E-state index in [2.05, 4.69) is 52.7 Å². The van der Waals surface area contributed by atoms with Crippen LogP contribution in [0.3, 0.4) is 0 Å². The fourth-order valence-corrected chi connectivity index (χ4v) is 5.20. The monoisotopic (exact) mass is 422 g/mol. The van der Waals surface area contributed by atoms with Crippen LogP contribution in [0.5, 0.6) is 5.75 Å². The standard InChI is InChI=1S/C24H22N2OS.ClH/c25-13-18-5-8-23-21(12-18)22-15-26(14-20(22)16-27-23)10-9-17-3-6-19(7-4-17)24-2-1-11-28-24;/h1-8,11-12,20,22H,9-10,14-16H2;1H/t20-,22+;/m0./s1. The second kappa shape index (κ2) is 8.59. The maximum absolute atomic E-state index is 9.22. The lowest BCUT2D eigenvalue weighted by atomic mass is 9.86. The zero-order valence-corrected chi connectivity index (χ0v) is 17.7. The Kier molecular flexibility index (Phi) is 5.91. The molecule has 0 radical (unpaired) electrons. The van der Waals surface area contributed by atoms with Gasteiger partial charge in [-0.25, -0.2) is 0 Å². The molecule has 0 saturated carbocycles. The van der Waals surface area contributed by atoms with E-state index >= 15 is 0 Å². The summed E-state index contributed by atoms with van der Waals surface area (Å²) in [6.07, 6.45) is 1.07. The summed E-state index contributed by atoms with van der Waals surface area (Å²) in [4.78, 5) is 3.88. The van der Waals surface area contributed by atoms with Crippen molar-refractivity contribution in [3.63, 3.8) is 0 Å². The van der Waals surface area contributed by atoms with Gasteiger partial charge in [0.15, 0.2) is 0 Å². The summed E-state index contributed by atoms with van der Waals surface area (Å²) in [5.41, 5.74) is 4.64. The number of halogens is 1. The molecule has 2 aliphatic heterocycles. The van der Waals surface area contributed by atoms with Crippen molar-refractivity contribution in [3.05, 3.63) is 76.7 Å². The van der Waals surface area contributed by atoms with Crippen molar-refractivity contribution in [3.8, 4) is 22.3 Å². The minimum atomic E-state index is 0. The molecule has 2 aromatic carbocycles. The average molecular weight is 423 g/mol. The molecule has 148 valence electrons. The molecule has 0 spiro atoms. The number of thiophene rings is 1. The lowest BCUT2D eigenvalue weighted by Gasteiger charge is -2.27. The number of benzene rings is 2. The van der Waals surface area contributed by atoms with E-state index in [4.69, 9.17) is 4.74 Å². The second-order valence-electron chi connectivity index (χ2n) is 7.73. The Morgan fingerprint density at radius 3 is 2.72 bits per heavy atom. The third-order valence-corrected chi connectivity index (χ3v) is 6.90. The Balaban J connectivity index is 0.00000205. The molecule has 5 heteroatoms. The van der Waals surface area contributed by atoms with Crippen molar-refractivity contribution in [1.29, 1.82) is 5.26 Å². The van der Waals surface area contributed by atoms with Gasteiger partial charge < -0.3 is 9.64 Å². The van der Waals surface area contributed by atoms with Crippen molar-refractivity contribution in [2.75, 3.05) is 26.2 Å². The van der Waals surface area contributed by atoms with Gasteiger partial charge in [0.25, 0.3) is 0 Å². The highest BCUT2D eigenvalue weighted by molar-refractivity contribution is 7.13. The van der Waals surface area contributed by atoms with Gasteiger partial charge in [0.05, 0.1) is 18.2 Å². The van der Waals surface area contributed by atoms with Gasteiger partial charge in [0.2, 0.25) is 0 Å². The van der Waals surface area contributed by atoms with Gasteiger partial charge in [0, 0.05) is 41.9 Å². The van der Waals surface area contributed by atoms with Crippen LogP contribution in [0.15, 0.2) is 60.0 Å². The fraction of sp³-hybridized carbons (Fsp3) is 0.292. The summed E-state index contributed by atoms with van der Waals surface area (Å²) in [5.74, 6) is 1.98. The van der Waals surface area contributed by atoms with E-state index in [1.165, 1.54) is 21.6 Å². The van der Waals surface area contributed by atoms with Crippen LogP contribution >= 0.6 is 23.7 Å². The van der Waals surface area contributed by atoms with Crippen molar-refractivity contribution in [2.45, 2.75) is 12.3 Å². The summed E-state index contributed by atoms with van der Waals surface area (Å²) in [7, 11) is 0. The number of nitrogens with zero attached hydrogens (tertiary/aromatic N) is 2. The van der Waals surface area contributed by atoms with Crippen LogP contribution in [0.2, 0.25) is 0 Å². The molecule has 2 aliphatic rings. The number of likely N-dealkylation sites (tertiary alicyclic amines) is 1. The molecule has 1 fully saturated rings. The first kappa shape index (κ1) is 20.0. The van der Waals surface area contributed by atoms with Crippen molar-refractivity contribution in [1.82, 2.24) is 4.90 Å². The van der Waals surface area contributed by atoms with Gasteiger partial charge in [-0.1, -0.05) is 30.3 Å². The molecule has 0 unspecified atom stereocenters. The van der Waals surface area contributed by atoms with Crippen LogP contribution in [0, 0.1) is 17.2 Å². The quantitative estimate of drug-likeness (QED) is 0.567. The van der Waals surface area contributed by atoms with Gasteiger partial charge in [-0.05, 0) is 47.2 Å². The average Bonchev–Trinajstić information content (AvgIpc) is 3.42. The third-order valence-electron chi connectivity index (χ3n) is 5.98. The summed E-state index contributed by atoms with van der Waals surface area (Å²) in [6, 6.07) is 21.4. The maximum Gasteiger partial charge on any atom is 0.122 e. The first-order valence-corrected chi connectivity index (χ1v) is 10.7. The largest absolute Gasteiger partial charge is 0.493 e. The van der Waals surface area contributed by atoms with Crippen molar-refractivity contribution in [2.24, 2.45) is 5.92 Å². The molecule has 29 heavy (non-hydrogen) atoms. The summed E-state index contributed by atoms with van der Waals surface area (Å²) in [6.45, 7) is 3.99. The van der Waals surface area contributed by atoms with E-state index < -0.39 is 0 Å². The highest BCUT2D eigenvalue weighted by atomic mass is 35.5. The van der Waals surface area contributed by atoms with Gasteiger partial charge in [-0.3, -0.25) is 0 Å². The lowest BCUT2D eigenvalue weighted by molar-refractivity contribution is 0.213. The predicted molar refractivity (Wildman–Crippen MR) is 120 cm³/mol. The molecular formula is C24H23ClN2OS. The molecule has 0 N–H and O–H groups in total. The number of nitriles is 1. The van der Waals surface area contributed by atoms with Gasteiger partial charge in [0.1, 0.15) is 5.75 Å². The molecule has 0 bridgehead atoms. The number of fused-ring (bicyclic) bond motifs is 3. The van der Waals surface area contributed by atoms with Crippen LogP contribution in [-0.4, -0.2) is 31.1 Å². The maximum atomic E-state index is 9.22. The number of hydrogen-bond donors (Lipinski definition) is 0. The van der Waals surface area contributed by atoms with Crippen molar-refractivity contribution < 1.29 is 4.74 Å². The zero-order valence-electron chi connectivity index (χ0n) is 16.1. The highest BCUT2D eigenvalue weighted by Crippen LogP contribution is 2.42. The molecule has 0 amide bonds. The molecular weight excluding hydrogens is 400 g/mol. The molecule has 3 nitrogen and oxygen atoms in total. The molecule has 2 atom stereocenters. The Hall–Kier alpha value is -2.32. The number of rotatable bonds is 4. The number of hydrogen-bond acceptors (Lipinski definition) is 4. The Labute approximate surface area is 182 Å². The van der Waals surface area contributed by atoms with Gasteiger partial charge in [-0.2, -0.15) is 5.26 Å². The van der Waals surface area contributed by atoms with Crippen LogP contribution in [0.4, 0.5) is 0 Å². The smallest absolute Gasteiger partial charge is 0.122 e. The minimum absolute atomic E-state index is 0. The van der Waals surface area contributed by atoms with E-state index in [9.17, 15) is 5.26 Å².